The second kappa shape index (κ2) is 14.1. The van der Waals surface area contributed by atoms with Crippen LogP contribution in [0.15, 0.2) is 77.7 Å². The van der Waals surface area contributed by atoms with Crippen LogP contribution in [-0.2, 0) is 26.2 Å². The van der Waals surface area contributed by atoms with E-state index in [-0.39, 0.29) is 17.3 Å². The molecule has 0 aromatic heterocycles. The lowest BCUT2D eigenvalue weighted by atomic mass is 10.1. The third-order valence-electron chi connectivity index (χ3n) is 7.06. The molecule has 1 atom stereocenters. The summed E-state index contributed by atoms with van der Waals surface area (Å²) in [7, 11) is -4.09. The zero-order valence-electron chi connectivity index (χ0n) is 24.2. The molecule has 0 aliphatic heterocycles. The zero-order valence-corrected chi connectivity index (χ0v) is 25.0. The van der Waals surface area contributed by atoms with Gasteiger partial charge in [-0.25, -0.2) is 8.42 Å². The third kappa shape index (κ3) is 7.50. The molecule has 0 aliphatic carbocycles. The van der Waals surface area contributed by atoms with Crippen LogP contribution >= 0.6 is 0 Å². The van der Waals surface area contributed by atoms with Gasteiger partial charge in [0.15, 0.2) is 0 Å². The highest BCUT2D eigenvalue weighted by Gasteiger charge is 2.34. The maximum absolute atomic E-state index is 14.2. The van der Waals surface area contributed by atoms with E-state index in [1.54, 1.807) is 24.3 Å². The molecule has 3 rings (SSSR count). The van der Waals surface area contributed by atoms with Gasteiger partial charge in [-0.05, 0) is 74.1 Å². The summed E-state index contributed by atoms with van der Waals surface area (Å²) in [6, 6.07) is 20.6. The normalized spacial score (nSPS) is 12.0. The monoisotopic (exact) mass is 563 g/mol. The van der Waals surface area contributed by atoms with Gasteiger partial charge in [-0.2, -0.15) is 0 Å². The molecule has 0 radical (unpaired) electrons. The largest absolute Gasteiger partial charge is 0.354 e. The van der Waals surface area contributed by atoms with Crippen LogP contribution in [0, 0.1) is 20.8 Å². The predicted molar refractivity (Wildman–Crippen MR) is 161 cm³/mol. The van der Waals surface area contributed by atoms with E-state index in [0.29, 0.717) is 18.7 Å². The summed E-state index contributed by atoms with van der Waals surface area (Å²) in [6.07, 6.45) is 2.17. The number of anilines is 1. The number of rotatable bonds is 13. The number of unbranched alkanes of at least 4 members (excludes halogenated alkanes) is 1. The SMILES string of the molecule is CCCCNC(=O)C(CC)N(Cc1ccccc1C)C(=O)CN(c1cc(C)ccc1C)S(=O)(=O)c1ccccc1. The first kappa shape index (κ1) is 30.9. The molecule has 0 fully saturated rings. The number of nitrogens with one attached hydrogen (secondary N) is 1. The van der Waals surface area contributed by atoms with Gasteiger partial charge in [-0.1, -0.05) is 74.9 Å². The van der Waals surface area contributed by atoms with Crippen molar-refractivity contribution in [3.05, 3.63) is 95.1 Å². The molecule has 0 heterocycles. The highest BCUT2D eigenvalue weighted by molar-refractivity contribution is 7.92. The number of sulfonamides is 1. The Balaban J connectivity index is 2.07. The smallest absolute Gasteiger partial charge is 0.264 e. The molecule has 0 aliphatic rings. The minimum Gasteiger partial charge on any atom is -0.354 e. The van der Waals surface area contributed by atoms with E-state index in [1.807, 2.05) is 71.0 Å². The Labute approximate surface area is 239 Å². The van der Waals surface area contributed by atoms with Crippen molar-refractivity contribution in [1.29, 1.82) is 0 Å². The summed E-state index contributed by atoms with van der Waals surface area (Å²) in [5.41, 5.74) is 3.94. The molecule has 214 valence electrons. The van der Waals surface area contributed by atoms with Gasteiger partial charge in [0.1, 0.15) is 12.6 Å². The molecule has 7 nitrogen and oxygen atoms in total. The zero-order chi connectivity index (χ0) is 29.3. The number of hydrogen-bond acceptors (Lipinski definition) is 4. The molecule has 1 N–H and O–H groups in total. The lowest BCUT2D eigenvalue weighted by Crippen LogP contribution is -2.52. The van der Waals surface area contributed by atoms with Gasteiger partial charge in [-0.3, -0.25) is 13.9 Å². The highest BCUT2D eigenvalue weighted by atomic mass is 32.2. The van der Waals surface area contributed by atoms with Crippen molar-refractivity contribution in [2.24, 2.45) is 0 Å². The lowest BCUT2D eigenvalue weighted by Gasteiger charge is -2.34. The van der Waals surface area contributed by atoms with E-state index >= 15 is 0 Å². The molecule has 0 spiro atoms. The maximum atomic E-state index is 14.2. The number of hydrogen-bond donors (Lipinski definition) is 1. The Hall–Kier alpha value is -3.65. The minimum absolute atomic E-state index is 0.0958. The first-order chi connectivity index (χ1) is 19.1. The van der Waals surface area contributed by atoms with Crippen molar-refractivity contribution in [2.75, 3.05) is 17.4 Å². The van der Waals surface area contributed by atoms with Crippen LogP contribution in [-0.4, -0.2) is 44.3 Å². The van der Waals surface area contributed by atoms with Crippen molar-refractivity contribution in [3.8, 4) is 0 Å². The van der Waals surface area contributed by atoms with Gasteiger partial charge in [0.25, 0.3) is 10.0 Å². The lowest BCUT2D eigenvalue weighted by molar-refractivity contribution is -0.140. The van der Waals surface area contributed by atoms with Crippen LogP contribution < -0.4 is 9.62 Å². The van der Waals surface area contributed by atoms with Gasteiger partial charge in [0.2, 0.25) is 11.8 Å². The Morgan fingerprint density at radius 2 is 1.55 bits per heavy atom. The quantitative estimate of drug-likeness (QED) is 0.277. The number of carbonyl (C=O) groups is 2. The van der Waals surface area contributed by atoms with Crippen LogP contribution in [0.1, 0.15) is 55.4 Å². The summed E-state index contributed by atoms with van der Waals surface area (Å²) in [5.74, 6) is -0.678. The van der Waals surface area contributed by atoms with Crippen LogP contribution in [0.3, 0.4) is 0 Å². The summed E-state index contributed by atoms with van der Waals surface area (Å²) >= 11 is 0. The molecular weight excluding hydrogens is 522 g/mol. The van der Waals surface area contributed by atoms with Crippen LogP contribution in [0.5, 0.6) is 0 Å². The van der Waals surface area contributed by atoms with Gasteiger partial charge in [-0.15, -0.1) is 0 Å². The van der Waals surface area contributed by atoms with Crippen LogP contribution in [0.4, 0.5) is 5.69 Å². The van der Waals surface area contributed by atoms with E-state index in [2.05, 4.69) is 5.32 Å². The molecule has 2 amide bonds. The second-order valence-corrected chi connectivity index (χ2v) is 12.0. The molecule has 0 saturated heterocycles. The summed E-state index contributed by atoms with van der Waals surface area (Å²) in [6.45, 7) is 9.86. The average Bonchev–Trinajstić information content (AvgIpc) is 2.94. The van der Waals surface area contributed by atoms with Crippen molar-refractivity contribution >= 4 is 27.5 Å². The van der Waals surface area contributed by atoms with E-state index in [1.165, 1.54) is 21.3 Å². The summed E-state index contributed by atoms with van der Waals surface area (Å²) in [5, 5.41) is 2.96. The number of nitrogens with zero attached hydrogens (tertiary/aromatic N) is 2. The minimum atomic E-state index is -4.09. The fourth-order valence-electron chi connectivity index (χ4n) is 4.62. The molecule has 40 heavy (non-hydrogen) atoms. The predicted octanol–water partition coefficient (Wildman–Crippen LogP) is 5.53. The second-order valence-electron chi connectivity index (χ2n) is 10.1. The van der Waals surface area contributed by atoms with E-state index in [4.69, 9.17) is 0 Å². The number of benzene rings is 3. The average molecular weight is 564 g/mol. The van der Waals surface area contributed by atoms with Crippen molar-refractivity contribution in [1.82, 2.24) is 10.2 Å². The highest BCUT2D eigenvalue weighted by Crippen LogP contribution is 2.28. The van der Waals surface area contributed by atoms with Crippen molar-refractivity contribution in [2.45, 2.75) is 71.4 Å². The van der Waals surface area contributed by atoms with Gasteiger partial charge < -0.3 is 10.2 Å². The summed E-state index contributed by atoms with van der Waals surface area (Å²) in [4.78, 5) is 29.1. The summed E-state index contributed by atoms with van der Waals surface area (Å²) < 4.78 is 29.2. The number of aryl methyl sites for hydroxylation is 3. The Bertz CT molecular complexity index is 1410. The molecule has 8 heteroatoms. The fraction of sp³-hybridized carbons (Fsp3) is 0.375. The van der Waals surface area contributed by atoms with E-state index in [0.717, 1.165) is 35.1 Å². The standard InChI is InChI=1S/C32H41N3O4S/c1-6-8-20-33-32(37)29(7-2)34(22-27-15-13-12-14-25(27)4)31(36)23-35(30-21-24(3)18-19-26(30)5)40(38,39)28-16-10-9-11-17-28/h9-19,21,29H,6-8,20,22-23H2,1-5H3,(H,33,37). The van der Waals surface area contributed by atoms with Crippen LogP contribution in [0.2, 0.25) is 0 Å². The third-order valence-corrected chi connectivity index (χ3v) is 8.83. The Morgan fingerprint density at radius 1 is 0.875 bits per heavy atom. The van der Waals surface area contributed by atoms with E-state index < -0.39 is 28.5 Å². The molecule has 1 unspecified atom stereocenters. The number of amides is 2. The first-order valence-corrected chi connectivity index (χ1v) is 15.3. The first-order valence-electron chi connectivity index (χ1n) is 13.9. The van der Waals surface area contributed by atoms with E-state index in [9.17, 15) is 18.0 Å². The molecule has 0 saturated carbocycles. The topological polar surface area (TPSA) is 86.8 Å². The number of carbonyl (C=O) groups excluding carboxylic acids is 2. The van der Waals surface area contributed by atoms with Gasteiger partial charge >= 0.3 is 0 Å². The fourth-order valence-corrected chi connectivity index (χ4v) is 6.11. The molecular formula is C32H41N3O4S. The Kier molecular flexibility index (Phi) is 10.9. The maximum Gasteiger partial charge on any atom is 0.264 e. The van der Waals surface area contributed by atoms with Crippen molar-refractivity contribution in [3.63, 3.8) is 0 Å². The van der Waals surface area contributed by atoms with Gasteiger partial charge in [0.05, 0.1) is 10.6 Å². The van der Waals surface area contributed by atoms with Crippen molar-refractivity contribution < 1.29 is 18.0 Å². The van der Waals surface area contributed by atoms with Crippen LogP contribution in [0.25, 0.3) is 0 Å². The Morgan fingerprint density at radius 3 is 2.20 bits per heavy atom. The molecule has 0 bridgehead atoms. The van der Waals surface area contributed by atoms with Gasteiger partial charge in [0, 0.05) is 13.1 Å². The molecule has 3 aromatic carbocycles. The molecule has 3 aromatic rings.